The van der Waals surface area contributed by atoms with Crippen LogP contribution < -0.4 is 0 Å². The Hall–Kier alpha value is -2.24. The van der Waals surface area contributed by atoms with Crippen molar-refractivity contribution in [1.82, 2.24) is 4.90 Å². The molecule has 0 radical (unpaired) electrons. The summed E-state index contributed by atoms with van der Waals surface area (Å²) in [5.41, 5.74) is 7.43. The Morgan fingerprint density at radius 2 is 1.64 bits per heavy atom. The van der Waals surface area contributed by atoms with Gasteiger partial charge in [-0.2, -0.15) is 0 Å². The highest BCUT2D eigenvalue weighted by Gasteiger charge is 2.32. The zero-order chi connectivity index (χ0) is 17.6. The van der Waals surface area contributed by atoms with Crippen LogP contribution in [0.3, 0.4) is 0 Å². The predicted molar refractivity (Wildman–Crippen MR) is 106 cm³/mol. The first-order valence-corrected chi connectivity index (χ1v) is 9.51. The van der Waals surface area contributed by atoms with Gasteiger partial charge in [0, 0.05) is 12.5 Å². The zero-order valence-electron chi connectivity index (χ0n) is 15.5. The molecule has 1 aliphatic heterocycles. The van der Waals surface area contributed by atoms with Gasteiger partial charge in [-0.1, -0.05) is 74.2 Å². The number of rotatable bonds is 6. The molecule has 2 aromatic rings. The highest BCUT2D eigenvalue weighted by Crippen LogP contribution is 2.40. The van der Waals surface area contributed by atoms with E-state index in [0.717, 1.165) is 6.54 Å². The van der Waals surface area contributed by atoms with E-state index < -0.39 is 0 Å². The van der Waals surface area contributed by atoms with Crippen LogP contribution in [0.25, 0.3) is 0 Å². The lowest BCUT2D eigenvalue weighted by Crippen LogP contribution is -2.22. The molecular formula is C24H29N. The lowest BCUT2D eigenvalue weighted by molar-refractivity contribution is 0.305. The van der Waals surface area contributed by atoms with E-state index in [0.29, 0.717) is 17.9 Å². The first-order valence-electron chi connectivity index (χ1n) is 9.51. The minimum atomic E-state index is 0.382. The summed E-state index contributed by atoms with van der Waals surface area (Å²) < 4.78 is 0. The molecule has 1 fully saturated rings. The maximum Gasteiger partial charge on any atom is 0.0595 e. The fourth-order valence-electron chi connectivity index (χ4n) is 4.18. The van der Waals surface area contributed by atoms with Crippen molar-refractivity contribution < 1.29 is 0 Å². The normalized spacial score (nSPS) is 19.5. The molecule has 0 aliphatic carbocycles. The molecule has 0 bridgehead atoms. The molecule has 0 saturated carbocycles. The van der Waals surface area contributed by atoms with E-state index >= 15 is 0 Å². The first kappa shape index (κ1) is 17.6. The molecule has 1 saturated heterocycles. The van der Waals surface area contributed by atoms with Crippen LogP contribution in [0.1, 0.15) is 56.2 Å². The Kier molecular flexibility index (Phi) is 5.79. The fraction of sp³-hybridized carbons (Fsp3) is 0.375. The molecule has 0 unspecified atom stereocenters. The third kappa shape index (κ3) is 3.89. The van der Waals surface area contributed by atoms with Gasteiger partial charge in [-0.3, -0.25) is 0 Å². The summed E-state index contributed by atoms with van der Waals surface area (Å²) in [5.74, 6) is 1.18. The van der Waals surface area contributed by atoms with Crippen molar-refractivity contribution in [1.29, 1.82) is 0 Å². The van der Waals surface area contributed by atoms with Crippen LogP contribution in [0.2, 0.25) is 0 Å². The van der Waals surface area contributed by atoms with E-state index in [9.17, 15) is 0 Å². The third-order valence-corrected chi connectivity index (χ3v) is 5.68. The van der Waals surface area contributed by atoms with Crippen LogP contribution in [0.4, 0.5) is 0 Å². The number of likely N-dealkylation sites (tertiary alicyclic amines) is 1. The Labute approximate surface area is 152 Å². The quantitative estimate of drug-likeness (QED) is 0.560. The maximum absolute atomic E-state index is 4.02. The van der Waals surface area contributed by atoms with Crippen LogP contribution in [-0.4, -0.2) is 11.4 Å². The molecule has 3 atom stereocenters. The summed E-state index contributed by atoms with van der Waals surface area (Å²) in [6, 6.07) is 22.1. The Bertz CT molecular complexity index is 712. The molecule has 130 valence electrons. The Morgan fingerprint density at radius 1 is 1.04 bits per heavy atom. The lowest BCUT2D eigenvalue weighted by atomic mass is 9.85. The molecule has 3 rings (SSSR count). The van der Waals surface area contributed by atoms with Gasteiger partial charge in [0.1, 0.15) is 0 Å². The van der Waals surface area contributed by atoms with Gasteiger partial charge in [0.05, 0.1) is 11.7 Å². The highest BCUT2D eigenvalue weighted by atomic mass is 15.2. The standard InChI is InChI=1S/C24H29N/c1-4-20(22-14-10-7-11-15-22)18-23-16-17-25(24(23)5-2)19(3)21-12-8-6-9-13-21/h6-15,19-20,23H,2,4,16-18H2,1,3H3/t19-,20+,23+/m0/s1. The van der Waals surface area contributed by atoms with E-state index in [1.807, 2.05) is 0 Å². The summed E-state index contributed by atoms with van der Waals surface area (Å²) in [6.07, 6.45) is 3.58. The molecule has 25 heavy (non-hydrogen) atoms. The number of allylic oxidation sites excluding steroid dienone is 1. The van der Waals surface area contributed by atoms with Crippen molar-refractivity contribution in [3.05, 3.63) is 89.8 Å². The molecule has 1 heterocycles. The van der Waals surface area contributed by atoms with Crippen molar-refractivity contribution >= 4 is 0 Å². The average Bonchev–Trinajstić information content (AvgIpc) is 3.09. The molecule has 2 aromatic carbocycles. The Balaban J connectivity index is 1.75. The first-order chi connectivity index (χ1) is 12.2. The molecule has 0 amide bonds. The maximum atomic E-state index is 4.02. The van der Waals surface area contributed by atoms with Gasteiger partial charge in [-0.25, -0.2) is 0 Å². The second-order valence-corrected chi connectivity index (χ2v) is 7.08. The number of hydrogen-bond acceptors (Lipinski definition) is 1. The van der Waals surface area contributed by atoms with E-state index in [-0.39, 0.29) is 0 Å². The van der Waals surface area contributed by atoms with Crippen molar-refractivity contribution in [2.75, 3.05) is 6.54 Å². The number of hydrogen-bond donors (Lipinski definition) is 0. The van der Waals surface area contributed by atoms with Gasteiger partial charge >= 0.3 is 0 Å². The largest absolute Gasteiger partial charge is 0.362 e. The molecule has 0 N–H and O–H groups in total. The average molecular weight is 332 g/mol. The Morgan fingerprint density at radius 3 is 2.20 bits per heavy atom. The fourth-order valence-corrected chi connectivity index (χ4v) is 4.18. The van der Waals surface area contributed by atoms with Crippen molar-refractivity contribution in [3.8, 4) is 0 Å². The predicted octanol–water partition coefficient (Wildman–Crippen LogP) is 6.32. The topological polar surface area (TPSA) is 3.24 Å². The molecule has 0 aromatic heterocycles. The second-order valence-electron chi connectivity index (χ2n) is 7.08. The van der Waals surface area contributed by atoms with Crippen molar-refractivity contribution in [2.24, 2.45) is 5.92 Å². The summed E-state index contributed by atoms with van der Waals surface area (Å²) in [4.78, 5) is 2.50. The van der Waals surface area contributed by atoms with Crippen LogP contribution in [-0.2, 0) is 0 Å². The molecule has 0 spiro atoms. The van der Waals surface area contributed by atoms with Crippen molar-refractivity contribution in [3.63, 3.8) is 0 Å². The zero-order valence-corrected chi connectivity index (χ0v) is 15.5. The van der Waals surface area contributed by atoms with Gasteiger partial charge in [0.25, 0.3) is 0 Å². The van der Waals surface area contributed by atoms with E-state index in [1.165, 1.54) is 36.1 Å². The monoisotopic (exact) mass is 331 g/mol. The van der Waals surface area contributed by atoms with Crippen LogP contribution in [0, 0.1) is 5.92 Å². The highest BCUT2D eigenvalue weighted by molar-refractivity contribution is 5.24. The minimum Gasteiger partial charge on any atom is -0.362 e. The van der Waals surface area contributed by atoms with Gasteiger partial charge < -0.3 is 4.90 Å². The van der Waals surface area contributed by atoms with Gasteiger partial charge in [0.2, 0.25) is 0 Å². The molecule has 1 nitrogen and oxygen atoms in total. The number of benzene rings is 2. The molecule has 1 heteroatoms. The summed E-state index contributed by atoms with van der Waals surface area (Å²) in [7, 11) is 0. The van der Waals surface area contributed by atoms with E-state index in [2.05, 4.69) is 91.7 Å². The molecule has 1 aliphatic rings. The minimum absolute atomic E-state index is 0.382. The summed E-state index contributed by atoms with van der Waals surface area (Å²) in [5, 5.41) is 0. The smallest absolute Gasteiger partial charge is 0.0595 e. The van der Waals surface area contributed by atoms with Crippen LogP contribution in [0.15, 0.2) is 78.7 Å². The molecular weight excluding hydrogens is 302 g/mol. The lowest BCUT2D eigenvalue weighted by Gasteiger charge is -2.29. The van der Waals surface area contributed by atoms with Gasteiger partial charge in [0.15, 0.2) is 0 Å². The summed E-state index contributed by atoms with van der Waals surface area (Å²) in [6.45, 7) is 9.72. The van der Waals surface area contributed by atoms with Gasteiger partial charge in [-0.15, -0.1) is 5.73 Å². The van der Waals surface area contributed by atoms with E-state index in [4.69, 9.17) is 0 Å². The second kappa shape index (κ2) is 8.23. The van der Waals surface area contributed by atoms with Crippen LogP contribution >= 0.6 is 0 Å². The van der Waals surface area contributed by atoms with E-state index in [1.54, 1.807) is 0 Å². The number of nitrogens with zero attached hydrogens (tertiary/aromatic N) is 1. The van der Waals surface area contributed by atoms with Crippen LogP contribution in [0.5, 0.6) is 0 Å². The summed E-state index contributed by atoms with van der Waals surface area (Å²) >= 11 is 0. The van der Waals surface area contributed by atoms with Gasteiger partial charge in [-0.05, 0) is 43.2 Å². The van der Waals surface area contributed by atoms with Crippen molar-refractivity contribution in [2.45, 2.75) is 45.1 Å². The SMILES string of the molecule is C=C=C1[C@@H](C[C@@H](CC)c2ccccc2)CCN1[C@@H](C)c1ccccc1. The third-order valence-electron chi connectivity index (χ3n) is 5.68.